The molecule has 13 heteroatoms. The van der Waals surface area contributed by atoms with Gasteiger partial charge in [-0.1, -0.05) is 60.1 Å². The molecule has 11 nitrogen and oxygen atoms in total. The maximum Gasteiger partial charge on any atom is 0.271 e. The van der Waals surface area contributed by atoms with Gasteiger partial charge in [-0.25, -0.2) is 8.42 Å². The predicted octanol–water partition coefficient (Wildman–Crippen LogP) is 4.58. The maximum absolute atomic E-state index is 14.2. The molecule has 1 N–H and O–H groups in total. The first-order chi connectivity index (χ1) is 20.1. The molecule has 3 rings (SSSR count). The largest absolute Gasteiger partial charge is 0.495 e. The first kappa shape index (κ1) is 33.3. The molecule has 0 aromatic heterocycles. The van der Waals surface area contributed by atoms with Gasteiger partial charge in [0.05, 0.1) is 18.3 Å². The van der Waals surface area contributed by atoms with Crippen LogP contribution in [0.25, 0.3) is 0 Å². The molecular weight excluding hydrogens is 596 g/mol. The third-order valence-corrected chi connectivity index (χ3v) is 7.88. The minimum Gasteiger partial charge on any atom is -0.495 e. The van der Waals surface area contributed by atoms with Crippen molar-refractivity contribution in [1.29, 1.82) is 0 Å². The fourth-order valence-corrected chi connectivity index (χ4v) is 5.44. The van der Waals surface area contributed by atoms with Crippen LogP contribution in [0, 0.1) is 10.1 Å². The number of nitrogens with zero attached hydrogens (tertiary/aromatic N) is 3. The number of anilines is 1. The SMILES string of the molecule is COc1ccc([N+](=O)[O-])cc1N(CC(=O)N(Cc1ccccc1Cl)C(Cc1ccccc1)C(=O)NC(C)(C)C)S(C)(=O)=O. The van der Waals surface area contributed by atoms with Crippen LogP contribution in [0.2, 0.25) is 5.02 Å². The summed E-state index contributed by atoms with van der Waals surface area (Å²) >= 11 is 6.46. The second kappa shape index (κ2) is 13.9. The molecule has 230 valence electrons. The molecule has 0 radical (unpaired) electrons. The lowest BCUT2D eigenvalue weighted by Gasteiger charge is -2.35. The highest BCUT2D eigenvalue weighted by Gasteiger charge is 2.35. The van der Waals surface area contributed by atoms with Crippen molar-refractivity contribution in [1.82, 2.24) is 10.2 Å². The van der Waals surface area contributed by atoms with E-state index in [-0.39, 0.29) is 24.4 Å². The van der Waals surface area contributed by atoms with Crippen molar-refractivity contribution in [3.8, 4) is 5.75 Å². The van der Waals surface area contributed by atoms with Gasteiger partial charge in [-0.15, -0.1) is 0 Å². The van der Waals surface area contributed by atoms with Crippen LogP contribution in [0.5, 0.6) is 5.75 Å². The fraction of sp³-hybridized carbons (Fsp3) is 0.333. The Labute approximate surface area is 256 Å². The van der Waals surface area contributed by atoms with E-state index in [2.05, 4.69) is 5.32 Å². The van der Waals surface area contributed by atoms with E-state index in [4.69, 9.17) is 16.3 Å². The van der Waals surface area contributed by atoms with Gasteiger partial charge >= 0.3 is 0 Å². The molecule has 0 heterocycles. The first-order valence-electron chi connectivity index (χ1n) is 13.3. The molecule has 0 fully saturated rings. The van der Waals surface area contributed by atoms with E-state index >= 15 is 0 Å². The standard InChI is InChI=1S/C30H35ClN4O7S/c1-30(2,3)32-29(37)26(17-21-11-7-6-8-12-21)33(19-22-13-9-10-14-24(22)31)28(36)20-34(43(5,40)41)25-18-23(35(38)39)15-16-27(25)42-4/h6-16,18,26H,17,19-20H2,1-5H3,(H,32,37). The number of carbonyl (C=O) groups excluding carboxylic acids is 2. The minimum absolute atomic E-state index is 0.00721. The van der Waals surface area contributed by atoms with Gasteiger partial charge in [0.1, 0.15) is 24.0 Å². The third-order valence-electron chi connectivity index (χ3n) is 6.39. The summed E-state index contributed by atoms with van der Waals surface area (Å²) in [6.07, 6.45) is 1.00. The number of carbonyl (C=O) groups is 2. The van der Waals surface area contributed by atoms with E-state index in [0.717, 1.165) is 22.2 Å². The molecule has 0 saturated carbocycles. The lowest BCUT2D eigenvalue weighted by atomic mass is 10.0. The monoisotopic (exact) mass is 630 g/mol. The number of nitrogens with one attached hydrogen (secondary N) is 1. The Bertz CT molecular complexity index is 1580. The van der Waals surface area contributed by atoms with E-state index in [1.165, 1.54) is 24.1 Å². The van der Waals surface area contributed by atoms with Crippen molar-refractivity contribution in [2.45, 2.75) is 45.3 Å². The number of nitro benzene ring substituents is 1. The highest BCUT2D eigenvalue weighted by molar-refractivity contribution is 7.92. The number of sulfonamides is 1. The normalized spacial score (nSPS) is 12.2. The summed E-state index contributed by atoms with van der Waals surface area (Å²) in [5, 5.41) is 14.8. The summed E-state index contributed by atoms with van der Waals surface area (Å²) in [7, 11) is -2.90. The molecular formula is C30H35ClN4O7S. The minimum atomic E-state index is -4.18. The number of nitro groups is 1. The number of methoxy groups -OCH3 is 1. The van der Waals surface area contributed by atoms with Gasteiger partial charge < -0.3 is 15.0 Å². The highest BCUT2D eigenvalue weighted by Crippen LogP contribution is 2.34. The molecule has 0 bridgehead atoms. The van der Waals surface area contributed by atoms with Crippen LogP contribution in [0.4, 0.5) is 11.4 Å². The zero-order chi connectivity index (χ0) is 31.9. The molecule has 43 heavy (non-hydrogen) atoms. The van der Waals surface area contributed by atoms with E-state index in [0.29, 0.717) is 10.6 Å². The van der Waals surface area contributed by atoms with Gasteiger partial charge in [-0.3, -0.25) is 24.0 Å². The number of amides is 2. The Kier molecular flexibility index (Phi) is 10.8. The third kappa shape index (κ3) is 9.16. The molecule has 0 saturated heterocycles. The predicted molar refractivity (Wildman–Crippen MR) is 166 cm³/mol. The van der Waals surface area contributed by atoms with Gasteiger partial charge in [0, 0.05) is 35.7 Å². The summed E-state index contributed by atoms with van der Waals surface area (Å²) in [5.41, 5.74) is 0.0902. The fourth-order valence-electron chi connectivity index (χ4n) is 4.40. The second-order valence-electron chi connectivity index (χ2n) is 10.9. The zero-order valence-electron chi connectivity index (χ0n) is 24.6. The Morgan fingerprint density at radius 2 is 1.67 bits per heavy atom. The molecule has 0 aliphatic carbocycles. The van der Waals surface area contributed by atoms with Gasteiger partial charge in [0.2, 0.25) is 21.8 Å². The molecule has 0 spiro atoms. The van der Waals surface area contributed by atoms with Crippen molar-refractivity contribution in [3.05, 3.63) is 99.1 Å². The van der Waals surface area contributed by atoms with Crippen LogP contribution in [-0.2, 0) is 32.6 Å². The van der Waals surface area contributed by atoms with E-state index < -0.39 is 50.6 Å². The van der Waals surface area contributed by atoms with Crippen molar-refractivity contribution in [2.24, 2.45) is 0 Å². The van der Waals surface area contributed by atoms with E-state index in [1.807, 2.05) is 51.1 Å². The highest BCUT2D eigenvalue weighted by atomic mass is 35.5. The van der Waals surface area contributed by atoms with Crippen molar-refractivity contribution >= 4 is 44.8 Å². The number of ether oxygens (including phenoxy) is 1. The molecule has 3 aromatic carbocycles. The van der Waals surface area contributed by atoms with Crippen LogP contribution >= 0.6 is 11.6 Å². The number of rotatable bonds is 12. The Morgan fingerprint density at radius 3 is 2.23 bits per heavy atom. The number of hydrogen-bond acceptors (Lipinski definition) is 7. The average molecular weight is 631 g/mol. The van der Waals surface area contributed by atoms with Crippen LogP contribution in [0.3, 0.4) is 0 Å². The topological polar surface area (TPSA) is 139 Å². The number of benzene rings is 3. The number of halogens is 1. The van der Waals surface area contributed by atoms with Crippen molar-refractivity contribution in [3.63, 3.8) is 0 Å². The Balaban J connectivity index is 2.16. The number of non-ortho nitro benzene ring substituents is 1. The molecule has 1 atom stereocenters. The van der Waals surface area contributed by atoms with Crippen LogP contribution in [-0.4, -0.2) is 61.5 Å². The van der Waals surface area contributed by atoms with Crippen LogP contribution in [0.1, 0.15) is 31.9 Å². The van der Waals surface area contributed by atoms with Crippen LogP contribution in [0.15, 0.2) is 72.8 Å². The summed E-state index contributed by atoms with van der Waals surface area (Å²) in [6, 6.07) is 18.3. The maximum atomic E-state index is 14.2. The van der Waals surface area contributed by atoms with E-state index in [9.17, 15) is 28.1 Å². The molecule has 3 aromatic rings. The number of hydrogen-bond donors (Lipinski definition) is 1. The average Bonchev–Trinajstić information content (AvgIpc) is 2.93. The molecule has 1 unspecified atom stereocenters. The summed E-state index contributed by atoms with van der Waals surface area (Å²) in [6.45, 7) is 4.55. The second-order valence-corrected chi connectivity index (χ2v) is 13.3. The molecule has 0 aliphatic heterocycles. The Morgan fingerprint density at radius 1 is 1.05 bits per heavy atom. The quantitative estimate of drug-likeness (QED) is 0.228. The van der Waals surface area contributed by atoms with Crippen molar-refractivity contribution in [2.75, 3.05) is 24.2 Å². The smallest absolute Gasteiger partial charge is 0.271 e. The lowest BCUT2D eigenvalue weighted by molar-refractivity contribution is -0.384. The van der Waals surface area contributed by atoms with Gasteiger partial charge in [0.25, 0.3) is 5.69 Å². The summed E-state index contributed by atoms with van der Waals surface area (Å²) in [4.78, 5) is 40.1. The zero-order valence-corrected chi connectivity index (χ0v) is 26.2. The van der Waals surface area contributed by atoms with Crippen molar-refractivity contribution < 1.29 is 27.7 Å². The van der Waals surface area contributed by atoms with Gasteiger partial charge in [-0.05, 0) is 44.0 Å². The van der Waals surface area contributed by atoms with Crippen LogP contribution < -0.4 is 14.4 Å². The summed E-state index contributed by atoms with van der Waals surface area (Å²) in [5.74, 6) is -1.17. The first-order valence-corrected chi connectivity index (χ1v) is 15.5. The summed E-state index contributed by atoms with van der Waals surface area (Å²) < 4.78 is 32.2. The molecule has 0 aliphatic rings. The van der Waals surface area contributed by atoms with Gasteiger partial charge in [0.15, 0.2) is 0 Å². The van der Waals surface area contributed by atoms with Gasteiger partial charge in [-0.2, -0.15) is 0 Å². The Hall–Kier alpha value is -4.16. The van der Waals surface area contributed by atoms with E-state index in [1.54, 1.807) is 24.3 Å². The lowest BCUT2D eigenvalue weighted by Crippen LogP contribution is -2.56. The molecule has 2 amide bonds.